The highest BCUT2D eigenvalue weighted by molar-refractivity contribution is 5.94. The van der Waals surface area contributed by atoms with E-state index in [0.29, 0.717) is 6.54 Å². The molecule has 0 aliphatic carbocycles. The molecule has 0 spiro atoms. The molecule has 1 unspecified atom stereocenters. The molecule has 0 saturated carbocycles. The van der Waals surface area contributed by atoms with E-state index in [1.54, 1.807) is 6.92 Å². The van der Waals surface area contributed by atoms with Crippen molar-refractivity contribution < 1.29 is 19.1 Å². The Morgan fingerprint density at radius 1 is 1.40 bits per heavy atom. The van der Waals surface area contributed by atoms with E-state index in [-0.39, 0.29) is 18.0 Å². The Labute approximate surface area is 118 Å². The summed E-state index contributed by atoms with van der Waals surface area (Å²) in [6.07, 6.45) is 1.68. The zero-order chi connectivity index (χ0) is 15.1. The SMILES string of the molecule is CCCCN(CC(C)C(=O)O)C(=O)c1cccc(F)c1. The van der Waals surface area contributed by atoms with Crippen LogP contribution < -0.4 is 0 Å². The summed E-state index contributed by atoms with van der Waals surface area (Å²) in [4.78, 5) is 24.7. The Kier molecular flexibility index (Phi) is 6.15. The summed E-state index contributed by atoms with van der Waals surface area (Å²) in [5.41, 5.74) is 0.249. The zero-order valence-corrected chi connectivity index (χ0v) is 11.8. The van der Waals surface area contributed by atoms with Crippen molar-refractivity contribution in [1.82, 2.24) is 4.90 Å². The van der Waals surface area contributed by atoms with E-state index < -0.39 is 17.7 Å². The first-order chi connectivity index (χ1) is 9.45. The molecule has 0 radical (unpaired) electrons. The van der Waals surface area contributed by atoms with Gasteiger partial charge in [-0.25, -0.2) is 4.39 Å². The molecule has 0 aliphatic rings. The molecule has 20 heavy (non-hydrogen) atoms. The predicted molar refractivity (Wildman–Crippen MR) is 74.0 cm³/mol. The lowest BCUT2D eigenvalue weighted by Crippen LogP contribution is -2.37. The van der Waals surface area contributed by atoms with Gasteiger partial charge in [0.1, 0.15) is 5.82 Å². The van der Waals surface area contributed by atoms with E-state index in [4.69, 9.17) is 5.11 Å². The van der Waals surface area contributed by atoms with Gasteiger partial charge < -0.3 is 10.0 Å². The van der Waals surface area contributed by atoms with Gasteiger partial charge in [-0.2, -0.15) is 0 Å². The minimum atomic E-state index is -0.946. The van der Waals surface area contributed by atoms with Crippen LogP contribution in [0, 0.1) is 11.7 Å². The Morgan fingerprint density at radius 3 is 2.65 bits per heavy atom. The van der Waals surface area contributed by atoms with Gasteiger partial charge in [0.2, 0.25) is 0 Å². The van der Waals surface area contributed by atoms with Crippen LogP contribution in [0.4, 0.5) is 4.39 Å². The van der Waals surface area contributed by atoms with E-state index in [2.05, 4.69) is 0 Å². The summed E-state index contributed by atoms with van der Waals surface area (Å²) in [5.74, 6) is -2.40. The Bertz CT molecular complexity index is 476. The van der Waals surface area contributed by atoms with Crippen molar-refractivity contribution in [3.63, 3.8) is 0 Å². The number of amides is 1. The number of carboxylic acid groups (broad SMARTS) is 1. The summed E-state index contributed by atoms with van der Waals surface area (Å²) in [5, 5.41) is 8.95. The van der Waals surface area contributed by atoms with Gasteiger partial charge in [-0.3, -0.25) is 9.59 Å². The van der Waals surface area contributed by atoms with E-state index in [1.165, 1.54) is 29.2 Å². The molecule has 1 aromatic rings. The maximum atomic E-state index is 13.2. The average molecular weight is 281 g/mol. The average Bonchev–Trinajstić information content (AvgIpc) is 2.42. The highest BCUT2D eigenvalue weighted by atomic mass is 19.1. The van der Waals surface area contributed by atoms with Gasteiger partial charge in [0.25, 0.3) is 5.91 Å². The van der Waals surface area contributed by atoms with Gasteiger partial charge in [-0.1, -0.05) is 26.3 Å². The lowest BCUT2D eigenvalue weighted by Gasteiger charge is -2.24. The highest BCUT2D eigenvalue weighted by Crippen LogP contribution is 2.11. The third-order valence-electron chi connectivity index (χ3n) is 3.06. The van der Waals surface area contributed by atoms with Crippen molar-refractivity contribution in [3.05, 3.63) is 35.6 Å². The number of unbranched alkanes of at least 4 members (excludes halogenated alkanes) is 1. The molecule has 0 bridgehead atoms. The van der Waals surface area contributed by atoms with Crippen LogP contribution in [0.2, 0.25) is 0 Å². The van der Waals surface area contributed by atoms with Gasteiger partial charge in [0.05, 0.1) is 5.92 Å². The van der Waals surface area contributed by atoms with Crippen molar-refractivity contribution in [2.75, 3.05) is 13.1 Å². The molecular formula is C15H20FNO3. The second-order valence-electron chi connectivity index (χ2n) is 4.85. The highest BCUT2D eigenvalue weighted by Gasteiger charge is 2.21. The summed E-state index contributed by atoms with van der Waals surface area (Å²) < 4.78 is 13.2. The fourth-order valence-corrected chi connectivity index (χ4v) is 1.84. The number of nitrogens with zero attached hydrogens (tertiary/aromatic N) is 1. The second-order valence-corrected chi connectivity index (χ2v) is 4.85. The van der Waals surface area contributed by atoms with E-state index in [0.717, 1.165) is 12.8 Å². The molecule has 1 N–H and O–H groups in total. The molecule has 1 aromatic carbocycles. The minimum Gasteiger partial charge on any atom is -0.481 e. The normalized spacial score (nSPS) is 11.9. The van der Waals surface area contributed by atoms with E-state index in [9.17, 15) is 14.0 Å². The quantitative estimate of drug-likeness (QED) is 0.836. The summed E-state index contributed by atoms with van der Waals surface area (Å²) in [7, 11) is 0. The molecule has 4 nitrogen and oxygen atoms in total. The number of rotatable bonds is 7. The van der Waals surface area contributed by atoms with Crippen molar-refractivity contribution in [2.45, 2.75) is 26.7 Å². The third kappa shape index (κ3) is 4.64. The van der Waals surface area contributed by atoms with Crippen LogP contribution in [0.3, 0.4) is 0 Å². The lowest BCUT2D eigenvalue weighted by atomic mass is 10.1. The van der Waals surface area contributed by atoms with Crippen LogP contribution >= 0.6 is 0 Å². The molecule has 0 aromatic heterocycles. The molecule has 0 aliphatic heterocycles. The van der Waals surface area contributed by atoms with Crippen LogP contribution in [-0.2, 0) is 4.79 Å². The van der Waals surface area contributed by atoms with Crippen molar-refractivity contribution in [3.8, 4) is 0 Å². The summed E-state index contributed by atoms with van der Waals surface area (Å²) in [6, 6.07) is 5.46. The number of hydrogen-bond acceptors (Lipinski definition) is 2. The number of aliphatic carboxylic acids is 1. The number of halogens is 1. The molecule has 1 amide bonds. The van der Waals surface area contributed by atoms with E-state index >= 15 is 0 Å². The molecule has 0 saturated heterocycles. The standard InChI is InChI=1S/C15H20FNO3/c1-3-4-8-17(10-11(2)15(19)20)14(18)12-6-5-7-13(16)9-12/h5-7,9,11H,3-4,8,10H2,1-2H3,(H,19,20). The number of carbonyl (C=O) groups excluding carboxylic acids is 1. The molecule has 5 heteroatoms. The number of carboxylic acids is 1. The number of hydrogen-bond donors (Lipinski definition) is 1. The fraction of sp³-hybridized carbons (Fsp3) is 0.467. The van der Waals surface area contributed by atoms with Crippen molar-refractivity contribution in [2.24, 2.45) is 5.92 Å². The minimum absolute atomic E-state index is 0.130. The molecule has 1 atom stereocenters. The Hall–Kier alpha value is -1.91. The smallest absolute Gasteiger partial charge is 0.308 e. The molecular weight excluding hydrogens is 261 g/mol. The van der Waals surface area contributed by atoms with Gasteiger partial charge in [0, 0.05) is 18.7 Å². The summed E-state index contributed by atoms with van der Waals surface area (Å²) in [6.45, 7) is 4.15. The van der Waals surface area contributed by atoms with Crippen LogP contribution in [-0.4, -0.2) is 35.0 Å². The molecule has 1 rings (SSSR count). The van der Waals surface area contributed by atoms with Crippen LogP contribution in [0.25, 0.3) is 0 Å². The third-order valence-corrected chi connectivity index (χ3v) is 3.06. The topological polar surface area (TPSA) is 57.6 Å². The Morgan fingerprint density at radius 2 is 2.10 bits per heavy atom. The Balaban J connectivity index is 2.86. The van der Waals surface area contributed by atoms with Gasteiger partial charge in [0.15, 0.2) is 0 Å². The first kappa shape index (κ1) is 16.1. The molecule has 0 fully saturated rings. The van der Waals surface area contributed by atoms with Crippen LogP contribution in [0.1, 0.15) is 37.0 Å². The maximum Gasteiger partial charge on any atom is 0.308 e. The zero-order valence-electron chi connectivity index (χ0n) is 11.8. The first-order valence-electron chi connectivity index (χ1n) is 6.73. The maximum absolute atomic E-state index is 13.2. The van der Waals surface area contributed by atoms with Gasteiger partial charge >= 0.3 is 5.97 Å². The van der Waals surface area contributed by atoms with Crippen molar-refractivity contribution in [1.29, 1.82) is 0 Å². The summed E-state index contributed by atoms with van der Waals surface area (Å²) >= 11 is 0. The predicted octanol–water partition coefficient (Wildman–Crippen LogP) is 2.79. The molecule has 110 valence electrons. The number of carbonyl (C=O) groups is 2. The number of benzene rings is 1. The largest absolute Gasteiger partial charge is 0.481 e. The monoisotopic (exact) mass is 281 g/mol. The second kappa shape index (κ2) is 7.62. The first-order valence-corrected chi connectivity index (χ1v) is 6.73. The van der Waals surface area contributed by atoms with Crippen LogP contribution in [0.5, 0.6) is 0 Å². The van der Waals surface area contributed by atoms with Crippen molar-refractivity contribution >= 4 is 11.9 Å². The fourth-order valence-electron chi connectivity index (χ4n) is 1.84. The van der Waals surface area contributed by atoms with Gasteiger partial charge in [-0.15, -0.1) is 0 Å². The lowest BCUT2D eigenvalue weighted by molar-refractivity contribution is -0.141. The molecule has 0 heterocycles. The van der Waals surface area contributed by atoms with Crippen LogP contribution in [0.15, 0.2) is 24.3 Å². The van der Waals surface area contributed by atoms with Gasteiger partial charge in [-0.05, 0) is 24.6 Å². The van der Waals surface area contributed by atoms with E-state index in [1.807, 2.05) is 6.92 Å².